The van der Waals surface area contributed by atoms with Crippen LogP contribution in [0.2, 0.25) is 0 Å². The number of amides is 3. The number of nitrogens with zero attached hydrogens (tertiary/aromatic N) is 3. The average Bonchev–Trinajstić information content (AvgIpc) is 3.77. The van der Waals surface area contributed by atoms with Crippen molar-refractivity contribution in [3.63, 3.8) is 0 Å². The number of halogens is 4. The third-order valence-corrected chi connectivity index (χ3v) is 9.68. The zero-order valence-corrected chi connectivity index (χ0v) is 26.4. The summed E-state index contributed by atoms with van der Waals surface area (Å²) in [5, 5.41) is 0. The molecule has 3 amide bonds. The molecule has 3 aliphatic rings. The van der Waals surface area contributed by atoms with Crippen LogP contribution in [0.25, 0.3) is 0 Å². The molecule has 4 aromatic carbocycles. The molecule has 0 bridgehead atoms. The Balaban J connectivity index is 1.19. The summed E-state index contributed by atoms with van der Waals surface area (Å²) in [6, 6.07) is 27.3. The van der Waals surface area contributed by atoms with Gasteiger partial charge in [-0.3, -0.25) is 9.59 Å². The van der Waals surface area contributed by atoms with Crippen molar-refractivity contribution in [1.82, 2.24) is 9.80 Å². The molecule has 2 atom stereocenters. The number of fused-ring (bicyclic) bond motifs is 3. The van der Waals surface area contributed by atoms with Crippen molar-refractivity contribution < 1.29 is 36.7 Å². The van der Waals surface area contributed by atoms with E-state index in [-0.39, 0.29) is 12.0 Å². The van der Waals surface area contributed by atoms with E-state index in [2.05, 4.69) is 0 Å². The van der Waals surface area contributed by atoms with Gasteiger partial charge in [0.1, 0.15) is 18.4 Å². The van der Waals surface area contributed by atoms with Gasteiger partial charge in [0.2, 0.25) is 11.5 Å². The van der Waals surface area contributed by atoms with E-state index in [1.54, 1.807) is 12.1 Å². The number of imide groups is 1. The maximum atomic E-state index is 14.1. The van der Waals surface area contributed by atoms with Gasteiger partial charge >= 0.3 is 12.3 Å². The van der Waals surface area contributed by atoms with Gasteiger partial charge in [0.05, 0.1) is 11.4 Å². The third kappa shape index (κ3) is 5.87. The first kappa shape index (κ1) is 32.2. The van der Waals surface area contributed by atoms with E-state index in [0.717, 1.165) is 54.3 Å². The molecule has 1 aliphatic heterocycles. The third-order valence-electron chi connectivity index (χ3n) is 9.68. The van der Waals surface area contributed by atoms with Crippen LogP contribution in [-0.4, -0.2) is 52.2 Å². The first-order chi connectivity index (χ1) is 23.4. The van der Waals surface area contributed by atoms with Crippen LogP contribution in [0.1, 0.15) is 54.0 Å². The Morgan fingerprint density at radius 1 is 0.898 bits per heavy atom. The maximum Gasteiger partial charge on any atom is 0.418 e. The molecular weight excluding hydrogens is 638 g/mol. The highest BCUT2D eigenvalue weighted by Gasteiger charge is 2.68. The lowest BCUT2D eigenvalue weighted by atomic mass is 9.94. The van der Waals surface area contributed by atoms with Crippen molar-refractivity contribution in [1.29, 1.82) is 0 Å². The second-order valence-electron chi connectivity index (χ2n) is 12.8. The van der Waals surface area contributed by atoms with Gasteiger partial charge in [-0.25, -0.2) is 19.1 Å². The molecule has 0 aromatic heterocycles. The molecule has 1 unspecified atom stereocenters. The van der Waals surface area contributed by atoms with Crippen molar-refractivity contribution in [2.75, 3.05) is 6.54 Å². The Bertz CT molecular complexity index is 1920. The van der Waals surface area contributed by atoms with Crippen molar-refractivity contribution >= 4 is 29.3 Å². The van der Waals surface area contributed by atoms with Crippen LogP contribution in [0.4, 0.5) is 28.0 Å². The summed E-state index contributed by atoms with van der Waals surface area (Å²) >= 11 is 0. The molecule has 49 heavy (non-hydrogen) atoms. The summed E-state index contributed by atoms with van der Waals surface area (Å²) < 4.78 is 60.8. The van der Waals surface area contributed by atoms with Crippen LogP contribution in [0, 0.1) is 5.82 Å². The van der Waals surface area contributed by atoms with Crippen LogP contribution in [0.15, 0.2) is 108 Å². The fourth-order valence-corrected chi connectivity index (χ4v) is 6.87. The molecule has 0 radical (unpaired) electrons. The van der Waals surface area contributed by atoms with Crippen LogP contribution < -0.4 is 0 Å². The molecule has 1 saturated heterocycles. The molecule has 1 saturated carbocycles. The van der Waals surface area contributed by atoms with Gasteiger partial charge in [-0.2, -0.15) is 13.2 Å². The molecule has 1 heterocycles. The summed E-state index contributed by atoms with van der Waals surface area (Å²) in [6.45, 7) is -0.632. The number of carbonyl (C=O) groups excluding carboxylic acids is 3. The number of hydrogen-bond acceptors (Lipinski definition) is 5. The fraction of sp³-hybridized carbons (Fsp3) is 0.263. The summed E-state index contributed by atoms with van der Waals surface area (Å²) in [5.74, 6) is -2.48. The SMILES string of the molecule is C[C@H](N(Cc1ccc(F)cc1)C(=O)CN1C(=O)OC2(CC3(CC3)c3cc(N=C(c4ccccc4)c4ccccc4)ccc32)C1=O)C(F)(F)F. The Labute approximate surface area is 279 Å². The minimum Gasteiger partial charge on any atom is -0.427 e. The second-order valence-corrected chi connectivity index (χ2v) is 12.8. The normalized spacial score (nSPS) is 19.5. The minimum absolute atomic E-state index is 0.167. The van der Waals surface area contributed by atoms with E-state index in [0.29, 0.717) is 21.1 Å². The zero-order chi connectivity index (χ0) is 34.6. The molecule has 0 N–H and O–H groups in total. The number of rotatable bonds is 8. The Morgan fingerprint density at radius 2 is 1.51 bits per heavy atom. The van der Waals surface area contributed by atoms with E-state index < -0.39 is 60.0 Å². The number of aliphatic imine (C=N–C) groups is 1. The molecule has 2 aliphatic carbocycles. The van der Waals surface area contributed by atoms with Crippen molar-refractivity contribution in [2.45, 2.75) is 56.0 Å². The number of benzene rings is 4. The Kier molecular flexibility index (Phi) is 7.88. The fourth-order valence-electron chi connectivity index (χ4n) is 6.87. The maximum absolute atomic E-state index is 14.1. The summed E-state index contributed by atoms with van der Waals surface area (Å²) in [6.07, 6.45) is -4.23. The largest absolute Gasteiger partial charge is 0.427 e. The number of carbonyl (C=O) groups is 3. The second kappa shape index (κ2) is 12.0. The lowest BCUT2D eigenvalue weighted by Crippen LogP contribution is -2.51. The van der Waals surface area contributed by atoms with Gasteiger partial charge in [0, 0.05) is 35.1 Å². The van der Waals surface area contributed by atoms with Crippen molar-refractivity contribution in [3.8, 4) is 0 Å². The van der Waals surface area contributed by atoms with Crippen molar-refractivity contribution in [3.05, 3.63) is 137 Å². The van der Waals surface area contributed by atoms with E-state index in [4.69, 9.17) is 9.73 Å². The lowest BCUT2D eigenvalue weighted by Gasteiger charge is -2.31. The lowest BCUT2D eigenvalue weighted by molar-refractivity contribution is -0.187. The highest BCUT2D eigenvalue weighted by atomic mass is 19.4. The molecule has 4 aromatic rings. The molecule has 250 valence electrons. The average molecular weight is 670 g/mol. The van der Waals surface area contributed by atoms with E-state index in [9.17, 15) is 31.9 Å². The quantitative estimate of drug-likeness (QED) is 0.143. The van der Waals surface area contributed by atoms with Gasteiger partial charge in [-0.15, -0.1) is 0 Å². The Morgan fingerprint density at radius 3 is 2.08 bits per heavy atom. The minimum atomic E-state index is -4.80. The van der Waals surface area contributed by atoms with Gasteiger partial charge in [0.15, 0.2) is 0 Å². The summed E-state index contributed by atoms with van der Waals surface area (Å²) in [5.41, 5.74) is 2.66. The first-order valence-electron chi connectivity index (χ1n) is 15.9. The van der Waals surface area contributed by atoms with Crippen LogP contribution in [0.3, 0.4) is 0 Å². The summed E-state index contributed by atoms with van der Waals surface area (Å²) in [7, 11) is 0. The molecule has 7 rings (SSSR count). The standard InChI is InChI=1S/C38H31F4N3O4/c1-24(38(40,41)42)44(21-25-12-14-28(39)15-13-25)32(46)22-45-34(47)37(49-35(45)48)23-36(18-19-36)31-20-29(16-17-30(31)37)43-33(26-8-4-2-5-9-26)27-10-6-3-7-11-27/h2-17,20,24H,18-19,21-23H2,1H3/t24-,37?/m0/s1. The molecular formula is C38H31F4N3O4. The molecule has 11 heteroatoms. The first-order valence-corrected chi connectivity index (χ1v) is 15.9. The predicted octanol–water partition coefficient (Wildman–Crippen LogP) is 7.58. The highest BCUT2D eigenvalue weighted by molar-refractivity contribution is 6.14. The highest BCUT2D eigenvalue weighted by Crippen LogP contribution is 2.65. The van der Waals surface area contributed by atoms with E-state index in [1.165, 1.54) is 12.1 Å². The summed E-state index contributed by atoms with van der Waals surface area (Å²) in [4.78, 5) is 47.0. The van der Waals surface area contributed by atoms with Gasteiger partial charge < -0.3 is 9.64 Å². The smallest absolute Gasteiger partial charge is 0.418 e. The molecule has 2 fully saturated rings. The zero-order valence-electron chi connectivity index (χ0n) is 26.4. The van der Waals surface area contributed by atoms with Gasteiger partial charge in [-0.1, -0.05) is 78.9 Å². The number of ether oxygens (including phenoxy) is 1. The number of hydrogen-bond donors (Lipinski definition) is 0. The topological polar surface area (TPSA) is 79.3 Å². The van der Waals surface area contributed by atoms with Gasteiger partial charge in [0.25, 0.3) is 5.91 Å². The predicted molar refractivity (Wildman–Crippen MR) is 172 cm³/mol. The van der Waals surface area contributed by atoms with Crippen LogP contribution in [0.5, 0.6) is 0 Å². The number of alkyl halides is 3. The molecule has 7 nitrogen and oxygen atoms in total. The van der Waals surface area contributed by atoms with Crippen LogP contribution >= 0.6 is 0 Å². The molecule has 2 spiro atoms. The Hall–Kier alpha value is -5.32. The van der Waals surface area contributed by atoms with Crippen LogP contribution in [-0.2, 0) is 31.9 Å². The van der Waals surface area contributed by atoms with Crippen molar-refractivity contribution in [2.24, 2.45) is 4.99 Å². The monoisotopic (exact) mass is 669 g/mol. The van der Waals surface area contributed by atoms with E-state index in [1.807, 2.05) is 66.7 Å². The van der Waals surface area contributed by atoms with Gasteiger partial charge in [-0.05, 0) is 55.2 Å². The van der Waals surface area contributed by atoms with E-state index >= 15 is 0 Å².